The van der Waals surface area contributed by atoms with E-state index in [0.29, 0.717) is 12.6 Å². The molecule has 0 aliphatic heterocycles. The van der Waals surface area contributed by atoms with Crippen molar-refractivity contribution < 1.29 is 4.74 Å². The van der Waals surface area contributed by atoms with Crippen LogP contribution in [0.5, 0.6) is 5.75 Å². The maximum Gasteiger partial charge on any atom is 0.119 e. The third kappa shape index (κ3) is 6.88. The first-order chi connectivity index (χ1) is 9.26. The Kier molecular flexibility index (Phi) is 7.77. The number of rotatable bonds is 8. The van der Waals surface area contributed by atoms with Crippen LogP contribution in [0, 0.1) is 11.8 Å². The topological polar surface area (TPSA) is 21.3 Å². The number of ether oxygens (including phenoxy) is 1. The summed E-state index contributed by atoms with van der Waals surface area (Å²) in [5.41, 5.74) is 1.34. The fraction of sp³-hybridized carbons (Fsp3) is 0.529. The van der Waals surface area contributed by atoms with E-state index in [0.717, 1.165) is 25.1 Å². The average molecular weight is 259 g/mol. The van der Waals surface area contributed by atoms with Crippen molar-refractivity contribution in [1.29, 1.82) is 0 Å². The molecule has 0 amide bonds. The summed E-state index contributed by atoms with van der Waals surface area (Å²) < 4.78 is 5.61. The van der Waals surface area contributed by atoms with Crippen LogP contribution in [0.2, 0.25) is 0 Å². The minimum Gasteiger partial charge on any atom is -0.493 e. The van der Waals surface area contributed by atoms with Crippen LogP contribution in [0.25, 0.3) is 0 Å². The summed E-state index contributed by atoms with van der Waals surface area (Å²) in [5.74, 6) is 6.78. The molecule has 0 saturated heterocycles. The molecule has 1 aromatic rings. The summed E-state index contributed by atoms with van der Waals surface area (Å²) in [6.45, 7) is 8.01. The molecule has 2 heteroatoms. The third-order valence-corrected chi connectivity index (χ3v) is 2.88. The van der Waals surface area contributed by atoms with Crippen LogP contribution in [0.1, 0.15) is 39.2 Å². The zero-order chi connectivity index (χ0) is 13.9. The molecule has 0 bridgehead atoms. The second kappa shape index (κ2) is 9.47. The Labute approximate surface area is 117 Å². The van der Waals surface area contributed by atoms with E-state index in [9.17, 15) is 0 Å². The van der Waals surface area contributed by atoms with Gasteiger partial charge < -0.3 is 10.1 Å². The molecule has 1 atom stereocenters. The van der Waals surface area contributed by atoms with Crippen molar-refractivity contribution >= 4 is 0 Å². The fourth-order valence-corrected chi connectivity index (χ4v) is 1.88. The standard InChI is InChI=1S/C17H25NO/c1-4-6-7-13-19-17-10-8-16(9-11-17)14-15(3)18-12-5-2/h8-11,15,18H,5,7,12-14H2,1-3H3. The van der Waals surface area contributed by atoms with Gasteiger partial charge in [-0.25, -0.2) is 0 Å². The van der Waals surface area contributed by atoms with E-state index in [1.54, 1.807) is 0 Å². The van der Waals surface area contributed by atoms with Crippen molar-refractivity contribution in [2.45, 2.75) is 46.1 Å². The summed E-state index contributed by atoms with van der Waals surface area (Å²) in [6.07, 6.45) is 3.02. The molecule has 1 aromatic carbocycles. The van der Waals surface area contributed by atoms with Gasteiger partial charge in [-0.3, -0.25) is 0 Å². The van der Waals surface area contributed by atoms with Gasteiger partial charge in [0.25, 0.3) is 0 Å². The second-order valence-electron chi connectivity index (χ2n) is 4.73. The van der Waals surface area contributed by atoms with Gasteiger partial charge in [0, 0.05) is 12.5 Å². The smallest absolute Gasteiger partial charge is 0.119 e. The van der Waals surface area contributed by atoms with Crippen molar-refractivity contribution in [3.05, 3.63) is 29.8 Å². The molecule has 0 fully saturated rings. The molecule has 0 radical (unpaired) electrons. The van der Waals surface area contributed by atoms with Gasteiger partial charge in [0.05, 0.1) is 6.61 Å². The van der Waals surface area contributed by atoms with E-state index in [1.807, 2.05) is 19.1 Å². The molecular weight excluding hydrogens is 234 g/mol. The van der Waals surface area contributed by atoms with E-state index >= 15 is 0 Å². The molecule has 0 aromatic heterocycles. The number of benzene rings is 1. The Morgan fingerprint density at radius 3 is 2.63 bits per heavy atom. The molecule has 104 valence electrons. The largest absolute Gasteiger partial charge is 0.493 e. The predicted molar refractivity (Wildman–Crippen MR) is 81.5 cm³/mol. The van der Waals surface area contributed by atoms with Crippen LogP contribution < -0.4 is 10.1 Å². The van der Waals surface area contributed by atoms with Gasteiger partial charge in [-0.2, -0.15) is 0 Å². The van der Waals surface area contributed by atoms with Crippen LogP contribution in [-0.4, -0.2) is 19.2 Å². The zero-order valence-electron chi connectivity index (χ0n) is 12.3. The Hall–Kier alpha value is -1.46. The first-order valence-electron chi connectivity index (χ1n) is 7.11. The van der Waals surface area contributed by atoms with Crippen molar-refractivity contribution in [2.75, 3.05) is 13.2 Å². The van der Waals surface area contributed by atoms with Gasteiger partial charge >= 0.3 is 0 Å². The lowest BCUT2D eigenvalue weighted by molar-refractivity contribution is 0.327. The fourth-order valence-electron chi connectivity index (χ4n) is 1.88. The molecule has 0 heterocycles. The first-order valence-corrected chi connectivity index (χ1v) is 7.11. The van der Waals surface area contributed by atoms with Crippen LogP contribution in [0.4, 0.5) is 0 Å². The van der Waals surface area contributed by atoms with Gasteiger partial charge in [0.2, 0.25) is 0 Å². The average Bonchev–Trinajstić information content (AvgIpc) is 2.43. The molecule has 1 rings (SSSR count). The van der Waals surface area contributed by atoms with Gasteiger partial charge in [0.15, 0.2) is 0 Å². The number of hydrogen-bond donors (Lipinski definition) is 1. The van der Waals surface area contributed by atoms with Crippen LogP contribution in [-0.2, 0) is 6.42 Å². The monoisotopic (exact) mass is 259 g/mol. The molecule has 0 saturated carbocycles. The minimum absolute atomic E-state index is 0.520. The number of hydrogen-bond acceptors (Lipinski definition) is 2. The third-order valence-electron chi connectivity index (χ3n) is 2.88. The second-order valence-corrected chi connectivity index (χ2v) is 4.73. The summed E-state index contributed by atoms with van der Waals surface area (Å²) in [5, 5.41) is 3.50. The van der Waals surface area contributed by atoms with Crippen molar-refractivity contribution in [3.63, 3.8) is 0 Å². The molecule has 0 aliphatic rings. The lowest BCUT2D eigenvalue weighted by atomic mass is 10.1. The summed E-state index contributed by atoms with van der Waals surface area (Å²) in [7, 11) is 0. The molecular formula is C17H25NO. The van der Waals surface area contributed by atoms with Gasteiger partial charge in [-0.05, 0) is 50.9 Å². The minimum atomic E-state index is 0.520. The summed E-state index contributed by atoms with van der Waals surface area (Å²) in [6, 6.07) is 8.89. The zero-order valence-corrected chi connectivity index (χ0v) is 12.3. The van der Waals surface area contributed by atoms with E-state index in [-0.39, 0.29) is 0 Å². The molecule has 1 N–H and O–H groups in total. The highest BCUT2D eigenvalue weighted by Crippen LogP contribution is 2.13. The van der Waals surface area contributed by atoms with E-state index < -0.39 is 0 Å². The SMILES string of the molecule is CC#CCCOc1ccc(CC(C)NCCC)cc1. The van der Waals surface area contributed by atoms with E-state index in [1.165, 1.54) is 12.0 Å². The highest BCUT2D eigenvalue weighted by atomic mass is 16.5. The Morgan fingerprint density at radius 1 is 1.26 bits per heavy atom. The van der Waals surface area contributed by atoms with Crippen molar-refractivity contribution in [3.8, 4) is 17.6 Å². The van der Waals surface area contributed by atoms with Gasteiger partial charge in [-0.15, -0.1) is 11.8 Å². The normalized spacial score (nSPS) is 11.5. The van der Waals surface area contributed by atoms with Gasteiger partial charge in [-0.1, -0.05) is 19.1 Å². The lowest BCUT2D eigenvalue weighted by Crippen LogP contribution is -2.28. The van der Waals surface area contributed by atoms with E-state index in [2.05, 4.69) is 43.1 Å². The van der Waals surface area contributed by atoms with Crippen LogP contribution in [0.15, 0.2) is 24.3 Å². The molecule has 0 spiro atoms. The first kappa shape index (κ1) is 15.6. The van der Waals surface area contributed by atoms with E-state index in [4.69, 9.17) is 4.74 Å². The predicted octanol–water partition coefficient (Wildman–Crippen LogP) is 3.41. The molecule has 19 heavy (non-hydrogen) atoms. The number of nitrogens with one attached hydrogen (secondary N) is 1. The van der Waals surface area contributed by atoms with Gasteiger partial charge in [0.1, 0.15) is 5.75 Å². The lowest BCUT2D eigenvalue weighted by Gasteiger charge is -2.13. The Morgan fingerprint density at radius 2 is 2.00 bits per heavy atom. The summed E-state index contributed by atoms with van der Waals surface area (Å²) >= 11 is 0. The summed E-state index contributed by atoms with van der Waals surface area (Å²) in [4.78, 5) is 0. The van der Waals surface area contributed by atoms with Crippen molar-refractivity contribution in [2.24, 2.45) is 0 Å². The van der Waals surface area contributed by atoms with Crippen molar-refractivity contribution in [1.82, 2.24) is 5.32 Å². The maximum atomic E-state index is 5.61. The quantitative estimate of drug-likeness (QED) is 0.570. The Bertz CT molecular complexity index is 400. The highest BCUT2D eigenvalue weighted by Gasteiger charge is 2.02. The molecule has 0 aliphatic carbocycles. The van der Waals surface area contributed by atoms with Crippen LogP contribution >= 0.6 is 0 Å². The Balaban J connectivity index is 2.35. The molecule has 1 unspecified atom stereocenters. The maximum absolute atomic E-state index is 5.61. The highest BCUT2D eigenvalue weighted by molar-refractivity contribution is 5.27. The molecule has 2 nitrogen and oxygen atoms in total. The van der Waals surface area contributed by atoms with Crippen LogP contribution in [0.3, 0.4) is 0 Å².